The summed E-state index contributed by atoms with van der Waals surface area (Å²) in [6.45, 7) is 3.69. The van der Waals surface area contributed by atoms with Crippen molar-refractivity contribution in [1.82, 2.24) is 4.90 Å². The normalized spacial score (nSPS) is 10.4. The van der Waals surface area contributed by atoms with Crippen LogP contribution in [-0.2, 0) is 16.0 Å². The summed E-state index contributed by atoms with van der Waals surface area (Å²) in [4.78, 5) is 24.5. The van der Waals surface area contributed by atoms with E-state index in [1.807, 2.05) is 38.1 Å². The van der Waals surface area contributed by atoms with Crippen molar-refractivity contribution in [3.63, 3.8) is 0 Å². The number of nitrogens with zero attached hydrogens (tertiary/aromatic N) is 1. The molecule has 0 heterocycles. The summed E-state index contributed by atoms with van der Waals surface area (Å²) in [7, 11) is 0. The largest absolute Gasteiger partial charge is 0.368 e. The summed E-state index contributed by atoms with van der Waals surface area (Å²) in [6.07, 6.45) is 0.277. The molecule has 98 valence electrons. The van der Waals surface area contributed by atoms with Crippen LogP contribution in [0.5, 0.6) is 0 Å². The Hall–Kier alpha value is -1.36. The first-order chi connectivity index (χ1) is 8.40. The minimum atomic E-state index is -0.493. The van der Waals surface area contributed by atoms with Gasteiger partial charge < -0.3 is 10.6 Å². The minimum Gasteiger partial charge on any atom is -0.368 e. The summed E-state index contributed by atoms with van der Waals surface area (Å²) >= 11 is 3.34. The molecule has 1 aromatic rings. The van der Waals surface area contributed by atoms with E-state index in [0.29, 0.717) is 0 Å². The highest BCUT2D eigenvalue weighted by Gasteiger charge is 2.18. The molecule has 0 fully saturated rings. The van der Waals surface area contributed by atoms with Crippen LogP contribution in [0.3, 0.4) is 0 Å². The number of hydrogen-bond donors (Lipinski definition) is 1. The highest BCUT2D eigenvalue weighted by Crippen LogP contribution is 2.12. The van der Waals surface area contributed by atoms with Crippen molar-refractivity contribution in [2.24, 2.45) is 5.73 Å². The quantitative estimate of drug-likeness (QED) is 0.899. The molecule has 0 spiro atoms. The van der Waals surface area contributed by atoms with Crippen LogP contribution in [-0.4, -0.2) is 29.3 Å². The van der Waals surface area contributed by atoms with Gasteiger partial charge in [-0.05, 0) is 31.5 Å². The smallest absolute Gasteiger partial charge is 0.237 e. The fourth-order valence-corrected chi connectivity index (χ4v) is 1.87. The number of rotatable bonds is 5. The average molecular weight is 313 g/mol. The van der Waals surface area contributed by atoms with Crippen molar-refractivity contribution in [3.05, 3.63) is 34.3 Å². The molecule has 0 radical (unpaired) electrons. The molecule has 0 bridgehead atoms. The SMILES string of the molecule is CC(C)N(CC(N)=O)C(=O)Cc1ccc(Br)cc1. The second-order valence-corrected chi connectivity index (χ2v) is 5.30. The van der Waals surface area contributed by atoms with E-state index >= 15 is 0 Å². The summed E-state index contributed by atoms with van der Waals surface area (Å²) in [6, 6.07) is 7.49. The summed E-state index contributed by atoms with van der Waals surface area (Å²) in [5.41, 5.74) is 6.06. The molecule has 18 heavy (non-hydrogen) atoms. The van der Waals surface area contributed by atoms with E-state index in [-0.39, 0.29) is 24.9 Å². The molecular weight excluding hydrogens is 296 g/mol. The third-order valence-corrected chi connectivity index (χ3v) is 3.07. The van der Waals surface area contributed by atoms with Crippen molar-refractivity contribution in [1.29, 1.82) is 0 Å². The van der Waals surface area contributed by atoms with Gasteiger partial charge in [0, 0.05) is 10.5 Å². The van der Waals surface area contributed by atoms with Gasteiger partial charge in [0.1, 0.15) is 0 Å². The van der Waals surface area contributed by atoms with Gasteiger partial charge in [-0.25, -0.2) is 0 Å². The molecule has 5 heteroatoms. The van der Waals surface area contributed by atoms with Gasteiger partial charge in [-0.3, -0.25) is 9.59 Å². The molecule has 0 aliphatic heterocycles. The number of benzene rings is 1. The Morgan fingerprint density at radius 3 is 2.28 bits per heavy atom. The van der Waals surface area contributed by atoms with Gasteiger partial charge in [-0.1, -0.05) is 28.1 Å². The highest BCUT2D eigenvalue weighted by atomic mass is 79.9. The Morgan fingerprint density at radius 1 is 1.28 bits per heavy atom. The minimum absolute atomic E-state index is 0.0347. The Labute approximate surface area is 115 Å². The van der Waals surface area contributed by atoms with Crippen LogP contribution in [0.15, 0.2) is 28.7 Å². The van der Waals surface area contributed by atoms with Crippen LogP contribution >= 0.6 is 15.9 Å². The standard InChI is InChI=1S/C13H17BrN2O2/c1-9(2)16(8-12(15)17)13(18)7-10-3-5-11(14)6-4-10/h3-6,9H,7-8H2,1-2H3,(H2,15,17). The topological polar surface area (TPSA) is 63.4 Å². The molecule has 2 amide bonds. The van der Waals surface area contributed by atoms with Crippen LogP contribution < -0.4 is 5.73 Å². The molecule has 2 N–H and O–H groups in total. The van der Waals surface area contributed by atoms with Crippen molar-refractivity contribution in [2.75, 3.05) is 6.54 Å². The fourth-order valence-electron chi connectivity index (χ4n) is 1.61. The lowest BCUT2D eigenvalue weighted by Crippen LogP contribution is -2.43. The van der Waals surface area contributed by atoms with Crippen molar-refractivity contribution in [3.8, 4) is 0 Å². The molecule has 0 saturated carbocycles. The van der Waals surface area contributed by atoms with Gasteiger partial charge in [0.25, 0.3) is 0 Å². The van der Waals surface area contributed by atoms with Crippen molar-refractivity contribution >= 4 is 27.7 Å². The molecular formula is C13H17BrN2O2. The lowest BCUT2D eigenvalue weighted by Gasteiger charge is -2.25. The maximum Gasteiger partial charge on any atom is 0.237 e. The molecule has 0 atom stereocenters. The monoisotopic (exact) mass is 312 g/mol. The van der Waals surface area contributed by atoms with Crippen LogP contribution in [0.4, 0.5) is 0 Å². The number of halogens is 1. The van der Waals surface area contributed by atoms with Gasteiger partial charge >= 0.3 is 0 Å². The van der Waals surface area contributed by atoms with E-state index in [1.54, 1.807) is 0 Å². The van der Waals surface area contributed by atoms with Gasteiger partial charge in [0.05, 0.1) is 13.0 Å². The van der Waals surface area contributed by atoms with Crippen LogP contribution in [0, 0.1) is 0 Å². The van der Waals surface area contributed by atoms with Gasteiger partial charge in [0.2, 0.25) is 11.8 Å². The second kappa shape index (κ2) is 6.54. The van der Waals surface area contributed by atoms with E-state index in [1.165, 1.54) is 4.90 Å². The first-order valence-electron chi connectivity index (χ1n) is 5.72. The number of amides is 2. The molecule has 0 unspecified atom stereocenters. The Morgan fingerprint density at radius 2 is 1.83 bits per heavy atom. The zero-order chi connectivity index (χ0) is 13.7. The number of nitrogens with two attached hydrogens (primary N) is 1. The van der Waals surface area contributed by atoms with Crippen LogP contribution in [0.25, 0.3) is 0 Å². The van der Waals surface area contributed by atoms with E-state index in [4.69, 9.17) is 5.73 Å². The molecule has 1 aromatic carbocycles. The predicted molar refractivity (Wildman–Crippen MR) is 73.9 cm³/mol. The summed E-state index contributed by atoms with van der Waals surface area (Å²) in [5, 5.41) is 0. The van der Waals surface area contributed by atoms with Crippen LogP contribution in [0.2, 0.25) is 0 Å². The van der Waals surface area contributed by atoms with E-state index in [2.05, 4.69) is 15.9 Å². The van der Waals surface area contributed by atoms with E-state index < -0.39 is 5.91 Å². The first-order valence-corrected chi connectivity index (χ1v) is 6.51. The molecule has 0 saturated heterocycles. The highest BCUT2D eigenvalue weighted by molar-refractivity contribution is 9.10. The lowest BCUT2D eigenvalue weighted by atomic mass is 10.1. The Balaban J connectivity index is 2.72. The molecule has 0 aliphatic rings. The molecule has 1 rings (SSSR count). The van der Waals surface area contributed by atoms with E-state index in [9.17, 15) is 9.59 Å². The Kier molecular flexibility index (Phi) is 5.34. The number of primary amides is 1. The molecule has 0 aliphatic carbocycles. The van der Waals surface area contributed by atoms with Gasteiger partial charge in [-0.15, -0.1) is 0 Å². The van der Waals surface area contributed by atoms with Crippen LogP contribution in [0.1, 0.15) is 19.4 Å². The number of carbonyl (C=O) groups excluding carboxylic acids is 2. The third-order valence-electron chi connectivity index (χ3n) is 2.54. The predicted octanol–water partition coefficient (Wildman–Crippen LogP) is 1.71. The summed E-state index contributed by atoms with van der Waals surface area (Å²) in [5.74, 6) is -0.584. The van der Waals surface area contributed by atoms with Crippen molar-refractivity contribution < 1.29 is 9.59 Å². The maximum absolute atomic E-state index is 12.1. The zero-order valence-electron chi connectivity index (χ0n) is 10.5. The average Bonchev–Trinajstić information content (AvgIpc) is 2.28. The van der Waals surface area contributed by atoms with Gasteiger partial charge in [0.15, 0.2) is 0 Å². The van der Waals surface area contributed by atoms with E-state index in [0.717, 1.165) is 10.0 Å². The summed E-state index contributed by atoms with van der Waals surface area (Å²) < 4.78 is 0.969. The number of carbonyl (C=O) groups is 2. The Bertz CT molecular complexity index is 429. The number of hydrogen-bond acceptors (Lipinski definition) is 2. The lowest BCUT2D eigenvalue weighted by molar-refractivity contribution is -0.136. The zero-order valence-corrected chi connectivity index (χ0v) is 12.1. The maximum atomic E-state index is 12.1. The molecule has 4 nitrogen and oxygen atoms in total. The third kappa shape index (κ3) is 4.49. The first kappa shape index (κ1) is 14.7. The van der Waals surface area contributed by atoms with Crippen molar-refractivity contribution in [2.45, 2.75) is 26.3 Å². The van der Waals surface area contributed by atoms with Gasteiger partial charge in [-0.2, -0.15) is 0 Å². The fraction of sp³-hybridized carbons (Fsp3) is 0.385. The second-order valence-electron chi connectivity index (χ2n) is 4.38. The molecule has 0 aromatic heterocycles.